The van der Waals surface area contributed by atoms with Gasteiger partial charge in [-0.3, -0.25) is 10.1 Å². The molecule has 2 N–H and O–H groups in total. The Hall–Kier alpha value is -3.29. The number of hydrogen-bond acceptors (Lipinski definition) is 6. The summed E-state index contributed by atoms with van der Waals surface area (Å²) in [4.78, 5) is 17.1. The van der Waals surface area contributed by atoms with Crippen LogP contribution in [0.25, 0.3) is 0 Å². The molecule has 7 heteroatoms. The fourth-order valence-corrected chi connectivity index (χ4v) is 4.61. The van der Waals surface area contributed by atoms with Crippen LogP contribution < -0.4 is 5.32 Å². The molecular weight excluding hydrogens is 404 g/mol. The van der Waals surface area contributed by atoms with Crippen molar-refractivity contribution in [1.29, 1.82) is 0 Å². The van der Waals surface area contributed by atoms with Crippen LogP contribution >= 0.6 is 0 Å². The summed E-state index contributed by atoms with van der Waals surface area (Å²) in [5.41, 5.74) is 0.811. The monoisotopic (exact) mass is 432 g/mol. The van der Waals surface area contributed by atoms with Gasteiger partial charge < -0.3 is 15.3 Å². The van der Waals surface area contributed by atoms with E-state index in [1.807, 2.05) is 60.7 Å². The van der Waals surface area contributed by atoms with Gasteiger partial charge in [0.1, 0.15) is 5.60 Å². The number of nitrogens with zero attached hydrogens (tertiary/aromatic N) is 3. The van der Waals surface area contributed by atoms with Gasteiger partial charge in [0, 0.05) is 25.4 Å². The lowest BCUT2D eigenvalue weighted by Gasteiger charge is -2.42. The maximum atomic E-state index is 12.0. The van der Waals surface area contributed by atoms with Crippen LogP contribution in [0, 0.1) is 16.0 Å². The molecule has 2 aromatic carbocycles. The highest BCUT2D eigenvalue weighted by Crippen LogP contribution is 2.41. The number of aromatic nitrogens is 1. The van der Waals surface area contributed by atoms with Crippen molar-refractivity contribution < 1.29 is 10.0 Å². The highest BCUT2D eigenvalue weighted by molar-refractivity contribution is 5.55. The summed E-state index contributed by atoms with van der Waals surface area (Å²) in [5.74, 6) is 0.406. The number of likely N-dealkylation sites (tertiary alicyclic amines) is 1. The van der Waals surface area contributed by atoms with Crippen molar-refractivity contribution in [2.24, 2.45) is 5.92 Å². The zero-order chi connectivity index (χ0) is 22.4. The van der Waals surface area contributed by atoms with Gasteiger partial charge in [-0.2, -0.15) is 0 Å². The average Bonchev–Trinajstić information content (AvgIpc) is 2.85. The molecule has 1 aliphatic rings. The van der Waals surface area contributed by atoms with Gasteiger partial charge >= 0.3 is 5.69 Å². The van der Waals surface area contributed by atoms with Gasteiger partial charge in [0.05, 0.1) is 4.92 Å². The predicted molar refractivity (Wildman–Crippen MR) is 124 cm³/mol. The zero-order valence-corrected chi connectivity index (χ0v) is 17.9. The summed E-state index contributed by atoms with van der Waals surface area (Å²) < 4.78 is 0. The molecular formula is C25H28N4O3. The van der Waals surface area contributed by atoms with Crippen molar-refractivity contribution in [2.45, 2.75) is 18.4 Å². The van der Waals surface area contributed by atoms with E-state index in [0.717, 1.165) is 43.6 Å². The number of pyridine rings is 1. The molecule has 1 saturated heterocycles. The molecule has 0 unspecified atom stereocenters. The Bertz CT molecular complexity index is 982. The van der Waals surface area contributed by atoms with Gasteiger partial charge in [-0.1, -0.05) is 60.7 Å². The van der Waals surface area contributed by atoms with E-state index in [9.17, 15) is 15.2 Å². The largest absolute Gasteiger partial charge is 0.380 e. The molecule has 1 aromatic heterocycles. The van der Waals surface area contributed by atoms with Crippen LogP contribution in [0.5, 0.6) is 0 Å². The van der Waals surface area contributed by atoms with Crippen LogP contribution in [0.2, 0.25) is 0 Å². The molecule has 0 spiro atoms. The van der Waals surface area contributed by atoms with E-state index < -0.39 is 10.5 Å². The van der Waals surface area contributed by atoms with Crippen LogP contribution in [-0.2, 0) is 5.60 Å². The highest BCUT2D eigenvalue weighted by atomic mass is 16.6. The molecule has 0 radical (unpaired) electrons. The predicted octanol–water partition coefficient (Wildman–Crippen LogP) is 4.05. The molecule has 4 rings (SSSR count). The highest BCUT2D eigenvalue weighted by Gasteiger charge is 2.41. The fourth-order valence-electron chi connectivity index (χ4n) is 4.61. The molecule has 7 nitrogen and oxygen atoms in total. The van der Waals surface area contributed by atoms with Gasteiger partial charge in [-0.15, -0.1) is 0 Å². The SMILES string of the molecule is O=[N+]([O-])c1cccnc1NCCN1CCC(C(O)(c2ccccc2)c2ccccc2)CC1. The van der Waals surface area contributed by atoms with Crippen molar-refractivity contribution in [2.75, 3.05) is 31.5 Å². The van der Waals surface area contributed by atoms with Crippen LogP contribution in [-0.4, -0.2) is 46.1 Å². The molecule has 1 fully saturated rings. The summed E-state index contributed by atoms with van der Waals surface area (Å²) in [5, 5.41) is 26.2. The van der Waals surface area contributed by atoms with Gasteiger partial charge in [0.2, 0.25) is 5.82 Å². The molecule has 0 aliphatic carbocycles. The molecule has 0 amide bonds. The summed E-state index contributed by atoms with van der Waals surface area (Å²) in [6.45, 7) is 3.05. The van der Waals surface area contributed by atoms with Gasteiger partial charge in [-0.25, -0.2) is 4.98 Å². The number of benzene rings is 2. The van der Waals surface area contributed by atoms with Gasteiger partial charge in [0.25, 0.3) is 0 Å². The third kappa shape index (κ3) is 4.64. The quantitative estimate of drug-likeness (QED) is 0.412. The van der Waals surface area contributed by atoms with E-state index in [2.05, 4.69) is 15.2 Å². The number of aliphatic hydroxyl groups is 1. The van der Waals surface area contributed by atoms with E-state index in [-0.39, 0.29) is 11.6 Å². The fraction of sp³-hybridized carbons (Fsp3) is 0.320. The van der Waals surface area contributed by atoms with E-state index in [0.29, 0.717) is 12.4 Å². The molecule has 1 aliphatic heterocycles. The number of nitro groups is 1. The number of hydrogen-bond donors (Lipinski definition) is 2. The lowest BCUT2D eigenvalue weighted by molar-refractivity contribution is -0.384. The second kappa shape index (κ2) is 9.89. The Labute approximate surface area is 187 Å². The first-order valence-electron chi connectivity index (χ1n) is 11.0. The second-order valence-electron chi connectivity index (χ2n) is 8.17. The van der Waals surface area contributed by atoms with Crippen LogP contribution in [0.3, 0.4) is 0 Å². The number of anilines is 1. The normalized spacial score (nSPS) is 15.4. The number of rotatable bonds is 8. The van der Waals surface area contributed by atoms with Crippen molar-refractivity contribution >= 4 is 11.5 Å². The van der Waals surface area contributed by atoms with Crippen molar-refractivity contribution in [1.82, 2.24) is 9.88 Å². The standard InChI is InChI=1S/C25H28N4O3/c30-25(20-8-3-1-4-9-20,21-10-5-2-6-11-21)22-13-17-28(18-14-22)19-16-27-24-23(29(31)32)12-7-15-26-24/h1-12,15,22,30H,13-14,16-19H2,(H,26,27). The minimum absolute atomic E-state index is 0.0120. The zero-order valence-electron chi connectivity index (χ0n) is 17.9. The minimum atomic E-state index is -1.03. The Balaban J connectivity index is 1.39. The van der Waals surface area contributed by atoms with Crippen LogP contribution in [0.15, 0.2) is 79.0 Å². The molecule has 2 heterocycles. The number of piperidine rings is 1. The molecule has 166 valence electrons. The Kier molecular flexibility index (Phi) is 6.78. The maximum absolute atomic E-state index is 12.0. The average molecular weight is 433 g/mol. The first kappa shape index (κ1) is 21.9. The third-order valence-corrected chi connectivity index (χ3v) is 6.31. The Morgan fingerprint density at radius 2 is 1.59 bits per heavy atom. The first-order valence-corrected chi connectivity index (χ1v) is 11.0. The number of nitrogens with one attached hydrogen (secondary N) is 1. The summed E-state index contributed by atoms with van der Waals surface area (Å²) >= 11 is 0. The smallest absolute Gasteiger partial charge is 0.311 e. The topological polar surface area (TPSA) is 91.5 Å². The second-order valence-corrected chi connectivity index (χ2v) is 8.17. The summed E-state index contributed by atoms with van der Waals surface area (Å²) in [6, 6.07) is 22.9. The van der Waals surface area contributed by atoms with Crippen molar-refractivity contribution in [3.05, 3.63) is 100 Å². The van der Waals surface area contributed by atoms with Gasteiger partial charge in [0.15, 0.2) is 0 Å². The maximum Gasteiger partial charge on any atom is 0.311 e. The van der Waals surface area contributed by atoms with Crippen LogP contribution in [0.4, 0.5) is 11.5 Å². The van der Waals surface area contributed by atoms with E-state index >= 15 is 0 Å². The third-order valence-electron chi connectivity index (χ3n) is 6.31. The first-order chi connectivity index (χ1) is 15.6. The Morgan fingerprint density at radius 1 is 1.00 bits per heavy atom. The molecule has 3 aromatic rings. The summed E-state index contributed by atoms with van der Waals surface area (Å²) in [7, 11) is 0. The lowest BCUT2D eigenvalue weighted by Crippen LogP contribution is -2.45. The molecule has 0 atom stereocenters. The van der Waals surface area contributed by atoms with Crippen LogP contribution in [0.1, 0.15) is 24.0 Å². The van der Waals surface area contributed by atoms with E-state index in [4.69, 9.17) is 0 Å². The minimum Gasteiger partial charge on any atom is -0.380 e. The van der Waals surface area contributed by atoms with Crippen molar-refractivity contribution in [3.8, 4) is 0 Å². The lowest BCUT2D eigenvalue weighted by atomic mass is 9.72. The Morgan fingerprint density at radius 3 is 2.16 bits per heavy atom. The molecule has 0 saturated carbocycles. The van der Waals surface area contributed by atoms with E-state index in [1.54, 1.807) is 12.3 Å². The molecule has 32 heavy (non-hydrogen) atoms. The van der Waals surface area contributed by atoms with E-state index in [1.165, 1.54) is 6.07 Å². The summed E-state index contributed by atoms with van der Waals surface area (Å²) in [6.07, 6.45) is 3.28. The van der Waals surface area contributed by atoms with Gasteiger partial charge in [-0.05, 0) is 49.0 Å². The molecule has 0 bridgehead atoms. The van der Waals surface area contributed by atoms with Crippen molar-refractivity contribution in [3.63, 3.8) is 0 Å².